The average Bonchev–Trinajstić information content (AvgIpc) is 3.05. The van der Waals surface area contributed by atoms with Crippen LogP contribution in [-0.2, 0) is 9.47 Å². The van der Waals surface area contributed by atoms with Crippen LogP contribution in [0.25, 0.3) is 0 Å². The van der Waals surface area contributed by atoms with Crippen molar-refractivity contribution < 1.29 is 9.47 Å². The van der Waals surface area contributed by atoms with E-state index in [0.29, 0.717) is 24.5 Å². The van der Waals surface area contributed by atoms with E-state index >= 15 is 0 Å². The number of hydrogen-bond donors (Lipinski definition) is 2. The lowest BCUT2D eigenvalue weighted by Gasteiger charge is -2.12. The number of aliphatic imine (C=N–C) groups is 1. The van der Waals surface area contributed by atoms with Crippen LogP contribution in [0.5, 0.6) is 0 Å². The first-order valence-electron chi connectivity index (χ1n) is 5.74. The molecule has 0 aromatic rings. The smallest absolute Gasteiger partial charge is 0.188 e. The molecule has 0 unspecified atom stereocenters. The third-order valence-corrected chi connectivity index (χ3v) is 2.99. The Morgan fingerprint density at radius 2 is 1.94 bits per heavy atom. The summed E-state index contributed by atoms with van der Waals surface area (Å²) in [4.78, 5) is 4.36. The lowest BCUT2D eigenvalue weighted by atomic mass is 10.0. The van der Waals surface area contributed by atoms with Crippen molar-refractivity contribution in [3.63, 3.8) is 0 Å². The third-order valence-electron chi connectivity index (χ3n) is 2.99. The molecular weight excluding hydrogens is 333 g/mol. The van der Waals surface area contributed by atoms with Crippen LogP contribution in [0, 0.1) is 5.41 Å². The molecule has 0 amide bonds. The zero-order valence-corrected chi connectivity index (χ0v) is 13.0. The summed E-state index contributed by atoms with van der Waals surface area (Å²) in [5, 5.41) is 3.01. The van der Waals surface area contributed by atoms with E-state index in [1.54, 1.807) is 14.2 Å². The number of nitrogens with zero attached hydrogens (tertiary/aromatic N) is 1. The molecule has 1 fully saturated rings. The van der Waals surface area contributed by atoms with Gasteiger partial charge in [-0.15, -0.1) is 24.0 Å². The summed E-state index contributed by atoms with van der Waals surface area (Å²) in [5.74, 6) is 0.515. The van der Waals surface area contributed by atoms with E-state index in [-0.39, 0.29) is 24.0 Å². The summed E-state index contributed by atoms with van der Waals surface area (Å²) in [6.07, 6.45) is 3.56. The fourth-order valence-corrected chi connectivity index (χ4v) is 1.57. The van der Waals surface area contributed by atoms with Crippen molar-refractivity contribution >= 4 is 29.9 Å². The monoisotopic (exact) mass is 357 g/mol. The van der Waals surface area contributed by atoms with E-state index in [1.807, 2.05) is 0 Å². The Kier molecular flexibility index (Phi) is 8.89. The highest BCUT2D eigenvalue weighted by Crippen LogP contribution is 2.48. The molecule has 0 atom stereocenters. The Labute approximate surface area is 121 Å². The molecule has 0 aromatic carbocycles. The van der Waals surface area contributed by atoms with Gasteiger partial charge in [0.25, 0.3) is 0 Å². The molecule has 0 aliphatic heterocycles. The molecule has 0 spiro atoms. The van der Waals surface area contributed by atoms with Crippen LogP contribution in [0.4, 0.5) is 0 Å². The van der Waals surface area contributed by atoms with E-state index in [0.717, 1.165) is 19.6 Å². The van der Waals surface area contributed by atoms with E-state index < -0.39 is 0 Å². The Morgan fingerprint density at radius 3 is 2.47 bits per heavy atom. The largest absolute Gasteiger partial charge is 0.385 e. The van der Waals surface area contributed by atoms with Gasteiger partial charge in [0.05, 0.1) is 6.61 Å². The minimum atomic E-state index is 0. The minimum Gasteiger partial charge on any atom is -0.385 e. The highest BCUT2D eigenvalue weighted by Gasteiger charge is 2.41. The van der Waals surface area contributed by atoms with Gasteiger partial charge >= 0.3 is 0 Å². The standard InChI is InChI=1S/C11H23N3O2.HI/c1-15-7-5-11(3-4-11)9-14-10(12)13-6-8-16-2;/h3-9H2,1-2H3,(H3,12,13,14);1H. The zero-order valence-electron chi connectivity index (χ0n) is 10.7. The maximum Gasteiger partial charge on any atom is 0.188 e. The number of ether oxygens (including phenoxy) is 2. The number of guanidine groups is 1. The zero-order chi connectivity index (χ0) is 11.9. The molecule has 6 heteroatoms. The molecule has 1 aliphatic rings. The minimum absolute atomic E-state index is 0. The third kappa shape index (κ3) is 7.05. The Morgan fingerprint density at radius 1 is 1.29 bits per heavy atom. The fraction of sp³-hybridized carbons (Fsp3) is 0.909. The molecule has 1 rings (SSSR count). The number of nitrogens with one attached hydrogen (secondary N) is 1. The van der Waals surface area contributed by atoms with Gasteiger partial charge in [0.1, 0.15) is 0 Å². The number of rotatable bonds is 8. The molecular formula is C11H24IN3O2. The van der Waals surface area contributed by atoms with Crippen LogP contribution in [0.2, 0.25) is 0 Å². The Balaban J connectivity index is 0.00000256. The van der Waals surface area contributed by atoms with Gasteiger partial charge in [0, 0.05) is 33.9 Å². The second-order valence-corrected chi connectivity index (χ2v) is 4.36. The van der Waals surface area contributed by atoms with Gasteiger partial charge in [-0.25, -0.2) is 0 Å². The first-order valence-corrected chi connectivity index (χ1v) is 5.74. The summed E-state index contributed by atoms with van der Waals surface area (Å²) >= 11 is 0. The van der Waals surface area contributed by atoms with E-state index in [4.69, 9.17) is 15.2 Å². The van der Waals surface area contributed by atoms with E-state index in [2.05, 4.69) is 10.3 Å². The first kappa shape index (κ1) is 16.9. The van der Waals surface area contributed by atoms with Crippen molar-refractivity contribution in [1.29, 1.82) is 0 Å². The van der Waals surface area contributed by atoms with Crippen molar-refractivity contribution in [2.45, 2.75) is 19.3 Å². The lowest BCUT2D eigenvalue weighted by Crippen LogP contribution is -2.34. The second-order valence-electron chi connectivity index (χ2n) is 4.36. The summed E-state index contributed by atoms with van der Waals surface area (Å²) in [5.41, 5.74) is 6.09. The van der Waals surface area contributed by atoms with Crippen LogP contribution in [-0.4, -0.2) is 46.5 Å². The molecule has 102 valence electrons. The lowest BCUT2D eigenvalue weighted by molar-refractivity contribution is 0.174. The van der Waals surface area contributed by atoms with E-state index in [9.17, 15) is 0 Å². The number of nitrogens with two attached hydrogens (primary N) is 1. The summed E-state index contributed by atoms with van der Waals surface area (Å²) in [6, 6.07) is 0. The van der Waals surface area contributed by atoms with Crippen LogP contribution in [0.1, 0.15) is 19.3 Å². The normalized spacial score (nSPS) is 17.4. The van der Waals surface area contributed by atoms with Crippen molar-refractivity contribution in [3.05, 3.63) is 0 Å². The SMILES string of the molecule is COCCNC(N)=NCC1(CCOC)CC1.I. The summed E-state index contributed by atoms with van der Waals surface area (Å²) < 4.78 is 10.0. The number of halogens is 1. The van der Waals surface area contributed by atoms with Gasteiger partial charge in [-0.3, -0.25) is 4.99 Å². The van der Waals surface area contributed by atoms with Gasteiger partial charge < -0.3 is 20.5 Å². The molecule has 1 aliphatic carbocycles. The number of methoxy groups -OCH3 is 2. The molecule has 5 nitrogen and oxygen atoms in total. The Hall–Kier alpha value is -0.0800. The van der Waals surface area contributed by atoms with Crippen LogP contribution in [0.3, 0.4) is 0 Å². The van der Waals surface area contributed by atoms with Crippen LogP contribution < -0.4 is 11.1 Å². The maximum atomic E-state index is 5.73. The van der Waals surface area contributed by atoms with Crippen molar-refractivity contribution in [1.82, 2.24) is 5.32 Å². The predicted octanol–water partition coefficient (Wildman–Crippen LogP) is 0.972. The maximum absolute atomic E-state index is 5.73. The molecule has 0 heterocycles. The predicted molar refractivity (Wildman–Crippen MR) is 79.9 cm³/mol. The molecule has 0 aromatic heterocycles. The molecule has 1 saturated carbocycles. The van der Waals surface area contributed by atoms with Crippen molar-refractivity contribution in [2.24, 2.45) is 16.1 Å². The molecule has 17 heavy (non-hydrogen) atoms. The second kappa shape index (κ2) is 8.93. The number of hydrogen-bond acceptors (Lipinski definition) is 3. The van der Waals surface area contributed by atoms with Gasteiger partial charge in [0.2, 0.25) is 0 Å². The highest BCUT2D eigenvalue weighted by atomic mass is 127. The van der Waals surface area contributed by atoms with Gasteiger partial charge in [0.15, 0.2) is 5.96 Å². The van der Waals surface area contributed by atoms with Crippen LogP contribution >= 0.6 is 24.0 Å². The molecule has 0 bridgehead atoms. The molecule has 0 saturated heterocycles. The van der Waals surface area contributed by atoms with Crippen LogP contribution in [0.15, 0.2) is 4.99 Å². The van der Waals surface area contributed by atoms with Gasteiger partial charge in [-0.05, 0) is 24.7 Å². The van der Waals surface area contributed by atoms with E-state index in [1.165, 1.54) is 12.8 Å². The Bertz CT molecular complexity index is 233. The average molecular weight is 357 g/mol. The van der Waals surface area contributed by atoms with Crippen molar-refractivity contribution in [2.75, 3.05) is 40.5 Å². The summed E-state index contributed by atoms with van der Waals surface area (Å²) in [7, 11) is 3.40. The quantitative estimate of drug-likeness (QED) is 0.294. The highest BCUT2D eigenvalue weighted by molar-refractivity contribution is 14.0. The van der Waals surface area contributed by atoms with Gasteiger partial charge in [-0.1, -0.05) is 0 Å². The molecule has 0 radical (unpaired) electrons. The van der Waals surface area contributed by atoms with Crippen molar-refractivity contribution in [3.8, 4) is 0 Å². The topological polar surface area (TPSA) is 68.9 Å². The van der Waals surface area contributed by atoms with Gasteiger partial charge in [-0.2, -0.15) is 0 Å². The molecule has 3 N–H and O–H groups in total. The summed E-state index contributed by atoms with van der Waals surface area (Å²) in [6.45, 7) is 2.97. The fourth-order valence-electron chi connectivity index (χ4n) is 1.57. The first-order chi connectivity index (χ1) is 7.72.